The van der Waals surface area contributed by atoms with Crippen molar-refractivity contribution in [1.29, 1.82) is 0 Å². The van der Waals surface area contributed by atoms with Gasteiger partial charge in [-0.15, -0.1) is 0 Å². The smallest absolute Gasteiger partial charge is 0.254 e. The van der Waals surface area contributed by atoms with Crippen molar-refractivity contribution in [2.24, 2.45) is 0 Å². The van der Waals surface area contributed by atoms with Crippen LogP contribution in [-0.2, 0) is 6.61 Å². The third-order valence-electron chi connectivity index (χ3n) is 3.36. The SMILES string of the molecule is CCCC1(O)CN(C(=O)c2ccc(CO)cc2)C1. The summed E-state index contributed by atoms with van der Waals surface area (Å²) in [6, 6.07) is 6.91. The molecule has 2 N–H and O–H groups in total. The quantitative estimate of drug-likeness (QED) is 0.842. The van der Waals surface area contributed by atoms with Crippen molar-refractivity contribution in [3.05, 3.63) is 35.4 Å². The maximum atomic E-state index is 12.1. The third kappa shape index (κ3) is 2.54. The van der Waals surface area contributed by atoms with Crippen LogP contribution in [0.4, 0.5) is 0 Å². The molecule has 2 rings (SSSR count). The minimum atomic E-state index is -0.685. The number of carbonyl (C=O) groups excluding carboxylic acids is 1. The molecule has 4 heteroatoms. The predicted molar refractivity (Wildman–Crippen MR) is 68.1 cm³/mol. The average molecular weight is 249 g/mol. The molecular weight excluding hydrogens is 230 g/mol. The van der Waals surface area contributed by atoms with E-state index in [4.69, 9.17) is 5.11 Å². The fourth-order valence-corrected chi connectivity index (χ4v) is 2.37. The van der Waals surface area contributed by atoms with Gasteiger partial charge in [-0.2, -0.15) is 0 Å². The van der Waals surface area contributed by atoms with E-state index in [9.17, 15) is 9.90 Å². The van der Waals surface area contributed by atoms with Crippen LogP contribution < -0.4 is 0 Å². The molecule has 1 aliphatic rings. The maximum absolute atomic E-state index is 12.1. The van der Waals surface area contributed by atoms with Gasteiger partial charge in [0.1, 0.15) is 0 Å². The highest BCUT2D eigenvalue weighted by Crippen LogP contribution is 2.27. The lowest BCUT2D eigenvalue weighted by molar-refractivity contribution is -0.0860. The molecule has 1 aromatic rings. The Labute approximate surface area is 107 Å². The van der Waals surface area contributed by atoms with E-state index in [1.165, 1.54) is 0 Å². The molecule has 0 spiro atoms. The lowest BCUT2D eigenvalue weighted by atomic mass is 9.88. The summed E-state index contributed by atoms with van der Waals surface area (Å²) in [4.78, 5) is 13.7. The second-order valence-corrected chi connectivity index (χ2v) is 4.99. The van der Waals surface area contributed by atoms with E-state index in [0.717, 1.165) is 18.4 Å². The van der Waals surface area contributed by atoms with Gasteiger partial charge in [-0.3, -0.25) is 4.79 Å². The molecule has 0 unspecified atom stereocenters. The molecule has 1 aliphatic heterocycles. The first-order valence-corrected chi connectivity index (χ1v) is 6.29. The number of amides is 1. The normalized spacial score (nSPS) is 17.4. The molecule has 1 fully saturated rings. The van der Waals surface area contributed by atoms with Gasteiger partial charge in [0.25, 0.3) is 5.91 Å². The van der Waals surface area contributed by atoms with Crippen molar-refractivity contribution >= 4 is 5.91 Å². The Morgan fingerprint density at radius 3 is 2.44 bits per heavy atom. The lowest BCUT2D eigenvalue weighted by Gasteiger charge is -2.46. The van der Waals surface area contributed by atoms with Gasteiger partial charge in [0.05, 0.1) is 25.3 Å². The monoisotopic (exact) mass is 249 g/mol. The van der Waals surface area contributed by atoms with Gasteiger partial charge in [-0.25, -0.2) is 0 Å². The van der Waals surface area contributed by atoms with Crippen LogP contribution in [0.2, 0.25) is 0 Å². The number of likely N-dealkylation sites (tertiary alicyclic amines) is 1. The number of aliphatic hydroxyl groups is 2. The number of hydrogen-bond donors (Lipinski definition) is 2. The summed E-state index contributed by atoms with van der Waals surface area (Å²) in [5.74, 6) is -0.0553. The van der Waals surface area contributed by atoms with E-state index >= 15 is 0 Å². The molecule has 4 nitrogen and oxygen atoms in total. The van der Waals surface area contributed by atoms with Crippen molar-refractivity contribution in [3.63, 3.8) is 0 Å². The largest absolute Gasteiger partial charge is 0.392 e. The standard InChI is InChI=1S/C14H19NO3/c1-2-7-14(18)9-15(10-14)13(17)12-5-3-11(8-16)4-6-12/h3-6,16,18H,2,7-10H2,1H3. The highest BCUT2D eigenvalue weighted by atomic mass is 16.3. The Hall–Kier alpha value is -1.39. The van der Waals surface area contributed by atoms with Crippen LogP contribution in [-0.4, -0.2) is 39.7 Å². The summed E-state index contributed by atoms with van der Waals surface area (Å²) in [5, 5.41) is 19.0. The van der Waals surface area contributed by atoms with Crippen LogP contribution in [0.3, 0.4) is 0 Å². The summed E-state index contributed by atoms with van der Waals surface area (Å²) in [5.41, 5.74) is 0.707. The topological polar surface area (TPSA) is 60.8 Å². The Kier molecular flexibility index (Phi) is 3.68. The number of carbonyl (C=O) groups is 1. The van der Waals surface area contributed by atoms with Crippen molar-refractivity contribution in [2.75, 3.05) is 13.1 Å². The molecule has 0 radical (unpaired) electrons. The third-order valence-corrected chi connectivity index (χ3v) is 3.36. The number of aliphatic hydroxyl groups excluding tert-OH is 1. The lowest BCUT2D eigenvalue weighted by Crippen LogP contribution is -2.63. The van der Waals surface area contributed by atoms with E-state index in [-0.39, 0.29) is 12.5 Å². The molecule has 1 aromatic carbocycles. The van der Waals surface area contributed by atoms with Crippen molar-refractivity contribution in [2.45, 2.75) is 32.0 Å². The zero-order chi connectivity index (χ0) is 13.2. The predicted octanol–water partition coefficient (Wildman–Crippen LogP) is 1.17. The fourth-order valence-electron chi connectivity index (χ4n) is 2.37. The number of hydrogen-bond acceptors (Lipinski definition) is 3. The first kappa shape index (κ1) is 13.1. The molecule has 0 aliphatic carbocycles. The molecule has 0 aromatic heterocycles. The van der Waals surface area contributed by atoms with Gasteiger partial charge in [0, 0.05) is 5.56 Å². The van der Waals surface area contributed by atoms with Crippen LogP contribution in [0.25, 0.3) is 0 Å². The van der Waals surface area contributed by atoms with Crippen LogP contribution in [0, 0.1) is 0 Å². The average Bonchev–Trinajstić information content (AvgIpc) is 2.35. The number of β-amino-alcohol motifs (C(OH)–C–C–N with tert-alkyl or cyclic N) is 1. The molecule has 1 saturated heterocycles. The second kappa shape index (κ2) is 5.08. The van der Waals surface area contributed by atoms with Crippen molar-refractivity contribution in [1.82, 2.24) is 4.90 Å². The Balaban J connectivity index is 1.97. The van der Waals surface area contributed by atoms with Gasteiger partial charge in [-0.05, 0) is 24.1 Å². The molecule has 0 atom stereocenters. The molecule has 98 valence electrons. The Morgan fingerprint density at radius 2 is 1.94 bits per heavy atom. The fraction of sp³-hybridized carbons (Fsp3) is 0.500. The molecule has 0 bridgehead atoms. The van der Waals surface area contributed by atoms with Crippen LogP contribution in [0.5, 0.6) is 0 Å². The molecule has 1 amide bonds. The van der Waals surface area contributed by atoms with Gasteiger partial charge in [0.2, 0.25) is 0 Å². The Morgan fingerprint density at radius 1 is 1.33 bits per heavy atom. The van der Waals surface area contributed by atoms with E-state index in [1.54, 1.807) is 29.2 Å². The highest BCUT2D eigenvalue weighted by molar-refractivity contribution is 5.95. The van der Waals surface area contributed by atoms with Crippen LogP contribution >= 0.6 is 0 Å². The highest BCUT2D eigenvalue weighted by Gasteiger charge is 2.42. The summed E-state index contributed by atoms with van der Waals surface area (Å²) < 4.78 is 0. The summed E-state index contributed by atoms with van der Waals surface area (Å²) >= 11 is 0. The number of rotatable bonds is 4. The van der Waals surface area contributed by atoms with Gasteiger partial charge < -0.3 is 15.1 Å². The van der Waals surface area contributed by atoms with Crippen LogP contribution in [0.1, 0.15) is 35.7 Å². The van der Waals surface area contributed by atoms with E-state index in [2.05, 4.69) is 0 Å². The van der Waals surface area contributed by atoms with Gasteiger partial charge >= 0.3 is 0 Å². The molecule has 18 heavy (non-hydrogen) atoms. The second-order valence-electron chi connectivity index (χ2n) is 4.99. The zero-order valence-corrected chi connectivity index (χ0v) is 10.6. The van der Waals surface area contributed by atoms with Crippen molar-refractivity contribution < 1.29 is 15.0 Å². The van der Waals surface area contributed by atoms with E-state index in [0.29, 0.717) is 18.7 Å². The first-order valence-electron chi connectivity index (χ1n) is 6.29. The van der Waals surface area contributed by atoms with Crippen LogP contribution in [0.15, 0.2) is 24.3 Å². The zero-order valence-electron chi connectivity index (χ0n) is 10.6. The first-order chi connectivity index (χ1) is 8.58. The minimum Gasteiger partial charge on any atom is -0.392 e. The minimum absolute atomic E-state index is 0.0194. The maximum Gasteiger partial charge on any atom is 0.254 e. The number of nitrogens with zero attached hydrogens (tertiary/aromatic N) is 1. The number of benzene rings is 1. The summed E-state index contributed by atoms with van der Waals surface area (Å²) in [7, 11) is 0. The van der Waals surface area contributed by atoms with Gasteiger partial charge in [0.15, 0.2) is 0 Å². The van der Waals surface area contributed by atoms with E-state index in [1.807, 2.05) is 6.92 Å². The van der Waals surface area contributed by atoms with Gasteiger partial charge in [-0.1, -0.05) is 25.5 Å². The summed E-state index contributed by atoms with van der Waals surface area (Å²) in [6.07, 6.45) is 1.66. The molecule has 0 saturated carbocycles. The molecular formula is C14H19NO3. The molecule has 1 heterocycles. The Bertz CT molecular complexity index is 421. The van der Waals surface area contributed by atoms with E-state index < -0.39 is 5.60 Å². The summed E-state index contributed by atoms with van der Waals surface area (Å²) in [6.45, 7) is 2.84. The van der Waals surface area contributed by atoms with Crippen molar-refractivity contribution in [3.8, 4) is 0 Å².